The maximum atomic E-state index is 11.8. The molecule has 2 aromatic rings. The zero-order chi connectivity index (χ0) is 17.7. The third-order valence-corrected chi connectivity index (χ3v) is 2.96. The highest BCUT2D eigenvalue weighted by atomic mass is 16.6. The van der Waals surface area contributed by atoms with Crippen LogP contribution in [0.2, 0.25) is 0 Å². The first-order valence-corrected chi connectivity index (χ1v) is 6.58. The number of nitrogens with one attached hydrogen (secondary N) is 1. The maximum Gasteiger partial charge on any atom is 0.271 e. The second-order valence-corrected chi connectivity index (χ2v) is 4.58. The van der Waals surface area contributed by atoms with Crippen molar-refractivity contribution >= 4 is 17.8 Å². The van der Waals surface area contributed by atoms with Crippen molar-refractivity contribution in [2.24, 2.45) is 5.10 Å². The molecule has 0 saturated heterocycles. The molecular weight excluding hydrogens is 318 g/mol. The number of hydrogen-bond donors (Lipinski definition) is 2. The molecule has 0 fully saturated rings. The van der Waals surface area contributed by atoms with E-state index in [0.29, 0.717) is 0 Å². The Bertz CT molecular complexity index is 819. The number of hydrogen-bond acceptors (Lipinski definition) is 7. The number of aromatic hydroxyl groups is 1. The average Bonchev–Trinajstić information content (AvgIpc) is 2.55. The zero-order valence-electron chi connectivity index (χ0n) is 12.4. The molecule has 124 valence electrons. The lowest BCUT2D eigenvalue weighted by atomic mass is 10.2. The first kappa shape index (κ1) is 16.7. The minimum Gasteiger partial charge on any atom is -0.865 e. The van der Waals surface area contributed by atoms with Gasteiger partial charge in [-0.2, -0.15) is 5.10 Å². The summed E-state index contributed by atoms with van der Waals surface area (Å²) in [6.07, 6.45) is 1.13. The Hall–Kier alpha value is -3.62. The van der Waals surface area contributed by atoms with Gasteiger partial charge < -0.3 is 14.9 Å². The van der Waals surface area contributed by atoms with Gasteiger partial charge >= 0.3 is 0 Å². The highest BCUT2D eigenvalue weighted by Gasteiger charge is 2.13. The van der Waals surface area contributed by atoms with Gasteiger partial charge in [0.1, 0.15) is 11.5 Å². The Morgan fingerprint density at radius 2 is 2.12 bits per heavy atom. The van der Waals surface area contributed by atoms with Crippen LogP contribution in [0.15, 0.2) is 41.5 Å². The molecule has 0 atom stereocenters. The Morgan fingerprint density at radius 3 is 2.75 bits per heavy atom. The minimum absolute atomic E-state index is 0.0713. The predicted molar refractivity (Wildman–Crippen MR) is 82.3 cm³/mol. The topological polar surface area (TPSA) is 137 Å². The van der Waals surface area contributed by atoms with Crippen molar-refractivity contribution in [2.75, 3.05) is 7.11 Å². The smallest absolute Gasteiger partial charge is 0.271 e. The van der Waals surface area contributed by atoms with E-state index in [1.54, 1.807) is 0 Å². The zero-order valence-corrected chi connectivity index (χ0v) is 12.4. The number of phenolic OH excluding ortho intramolecular Hbond substituents is 1. The molecule has 9 heteroatoms. The molecule has 0 spiro atoms. The molecule has 0 radical (unpaired) electrons. The summed E-state index contributed by atoms with van der Waals surface area (Å²) in [5.74, 6) is -1.70. The van der Waals surface area contributed by atoms with Crippen LogP contribution in [-0.2, 0) is 0 Å². The van der Waals surface area contributed by atoms with Gasteiger partial charge in [0.25, 0.3) is 11.6 Å². The summed E-state index contributed by atoms with van der Waals surface area (Å²) >= 11 is 0. The van der Waals surface area contributed by atoms with E-state index < -0.39 is 22.3 Å². The van der Waals surface area contributed by atoms with E-state index in [1.807, 2.05) is 0 Å². The number of carbonyl (C=O) groups is 1. The molecule has 2 N–H and O–H groups in total. The van der Waals surface area contributed by atoms with E-state index >= 15 is 0 Å². The highest BCUT2D eigenvalue weighted by Crippen LogP contribution is 2.33. The standard InChI is InChI=1S/C15H13N3O6/c1-24-13-6-9(5-12(14(13)20)18(22)23)8-16-17-15(21)10-3-2-4-11(19)7-10/h2-8,19-20H,1H3,(H,17,21)/p-1/b16-8+. The monoisotopic (exact) mass is 330 g/mol. The van der Waals surface area contributed by atoms with Gasteiger partial charge in [-0.05, 0) is 24.3 Å². The summed E-state index contributed by atoms with van der Waals surface area (Å²) in [6, 6.07) is 7.93. The third-order valence-electron chi connectivity index (χ3n) is 2.96. The van der Waals surface area contributed by atoms with Crippen molar-refractivity contribution in [3.05, 3.63) is 57.6 Å². The van der Waals surface area contributed by atoms with E-state index in [-0.39, 0.29) is 22.6 Å². The number of phenols is 1. The highest BCUT2D eigenvalue weighted by molar-refractivity contribution is 5.95. The maximum absolute atomic E-state index is 11.8. The summed E-state index contributed by atoms with van der Waals surface area (Å²) < 4.78 is 4.79. The number of benzene rings is 2. The lowest BCUT2D eigenvalue weighted by Crippen LogP contribution is -2.17. The van der Waals surface area contributed by atoms with Crippen LogP contribution in [0.25, 0.3) is 0 Å². The van der Waals surface area contributed by atoms with E-state index in [2.05, 4.69) is 10.5 Å². The molecule has 9 nitrogen and oxygen atoms in total. The van der Waals surface area contributed by atoms with Gasteiger partial charge in [-0.1, -0.05) is 6.07 Å². The van der Waals surface area contributed by atoms with Crippen molar-refractivity contribution in [3.63, 3.8) is 0 Å². The molecule has 0 heterocycles. The molecular formula is C15H12N3O6-. The largest absolute Gasteiger partial charge is 0.865 e. The van der Waals surface area contributed by atoms with E-state index in [9.17, 15) is 25.1 Å². The van der Waals surface area contributed by atoms with E-state index in [1.165, 1.54) is 37.4 Å². The normalized spacial score (nSPS) is 10.5. The first-order valence-electron chi connectivity index (χ1n) is 6.58. The second-order valence-electron chi connectivity index (χ2n) is 4.58. The number of carbonyl (C=O) groups excluding carboxylic acids is 1. The Balaban J connectivity index is 2.18. The number of amides is 1. The molecule has 0 saturated carbocycles. The molecule has 2 rings (SSSR count). The molecule has 24 heavy (non-hydrogen) atoms. The molecule has 0 unspecified atom stereocenters. The summed E-state index contributed by atoms with van der Waals surface area (Å²) in [4.78, 5) is 21.8. The summed E-state index contributed by atoms with van der Waals surface area (Å²) in [5, 5.41) is 35.5. The third kappa shape index (κ3) is 3.77. The minimum atomic E-state index is -0.844. The van der Waals surface area contributed by atoms with Crippen LogP contribution >= 0.6 is 0 Å². The Labute approximate surface area is 136 Å². The molecule has 0 aliphatic heterocycles. The second kappa shape index (κ2) is 7.09. The number of hydrazone groups is 1. The van der Waals surface area contributed by atoms with Crippen LogP contribution in [-0.4, -0.2) is 29.3 Å². The fraction of sp³-hybridized carbons (Fsp3) is 0.0667. The first-order chi connectivity index (χ1) is 11.4. The van der Waals surface area contributed by atoms with Crippen LogP contribution < -0.4 is 15.3 Å². The molecule has 0 bridgehead atoms. The number of rotatable bonds is 5. The van der Waals surface area contributed by atoms with Crippen molar-refractivity contribution in [2.45, 2.75) is 0 Å². The van der Waals surface area contributed by atoms with Crippen LogP contribution in [0.4, 0.5) is 5.69 Å². The van der Waals surface area contributed by atoms with Gasteiger partial charge in [-0.15, -0.1) is 0 Å². The van der Waals surface area contributed by atoms with E-state index in [4.69, 9.17) is 4.74 Å². The number of methoxy groups -OCH3 is 1. The van der Waals surface area contributed by atoms with Gasteiger partial charge in [0.05, 0.1) is 18.2 Å². The number of nitrogens with zero attached hydrogens (tertiary/aromatic N) is 2. The van der Waals surface area contributed by atoms with Gasteiger partial charge in [-0.25, -0.2) is 5.43 Å². The van der Waals surface area contributed by atoms with Crippen LogP contribution in [0.3, 0.4) is 0 Å². The van der Waals surface area contributed by atoms with E-state index in [0.717, 1.165) is 12.3 Å². The molecule has 0 aromatic heterocycles. The number of nitro groups is 1. The van der Waals surface area contributed by atoms with Crippen molar-refractivity contribution in [1.29, 1.82) is 0 Å². The fourth-order valence-electron chi connectivity index (χ4n) is 1.85. The quantitative estimate of drug-likeness (QED) is 0.479. The Morgan fingerprint density at radius 1 is 1.38 bits per heavy atom. The molecule has 0 aliphatic rings. The van der Waals surface area contributed by atoms with Gasteiger partial charge in [-0.3, -0.25) is 14.9 Å². The number of nitro benzene ring substituents is 1. The summed E-state index contributed by atoms with van der Waals surface area (Å²) in [5.41, 5.74) is 1.94. The summed E-state index contributed by atoms with van der Waals surface area (Å²) in [7, 11) is 1.21. The van der Waals surface area contributed by atoms with Crippen LogP contribution in [0.1, 0.15) is 15.9 Å². The molecule has 0 aliphatic carbocycles. The Kier molecular flexibility index (Phi) is 4.95. The summed E-state index contributed by atoms with van der Waals surface area (Å²) in [6.45, 7) is 0. The lowest BCUT2D eigenvalue weighted by Gasteiger charge is -2.12. The van der Waals surface area contributed by atoms with Crippen LogP contribution in [0.5, 0.6) is 17.2 Å². The van der Waals surface area contributed by atoms with Crippen molar-refractivity contribution in [3.8, 4) is 17.2 Å². The molecule has 2 aromatic carbocycles. The predicted octanol–water partition coefficient (Wildman–Crippen LogP) is 1.15. The lowest BCUT2D eigenvalue weighted by molar-refractivity contribution is -0.398. The fourth-order valence-corrected chi connectivity index (χ4v) is 1.85. The van der Waals surface area contributed by atoms with Gasteiger partial charge in [0.2, 0.25) is 0 Å². The average molecular weight is 330 g/mol. The molecule has 1 amide bonds. The van der Waals surface area contributed by atoms with Gasteiger partial charge in [0, 0.05) is 22.9 Å². The van der Waals surface area contributed by atoms with Crippen molar-refractivity contribution < 1.29 is 24.7 Å². The van der Waals surface area contributed by atoms with Crippen LogP contribution in [0, 0.1) is 10.1 Å². The SMILES string of the molecule is COc1cc(/C=N/NC(=O)c2cccc(O)c2)cc([N+](=O)[O-])c1[O-]. The van der Waals surface area contributed by atoms with Crippen molar-refractivity contribution in [1.82, 2.24) is 5.43 Å². The van der Waals surface area contributed by atoms with Gasteiger partial charge in [0.15, 0.2) is 0 Å². The number of ether oxygens (including phenoxy) is 1.